The molecule has 0 saturated heterocycles. The molecule has 2 aromatic rings. The van der Waals surface area contributed by atoms with E-state index < -0.39 is 15.9 Å². The van der Waals surface area contributed by atoms with Crippen LogP contribution >= 0.6 is 0 Å². The number of carbonyl (C=O) groups excluding carboxylic acids is 2. The van der Waals surface area contributed by atoms with Crippen molar-refractivity contribution >= 4 is 38.9 Å². The van der Waals surface area contributed by atoms with E-state index in [1.165, 1.54) is 18.3 Å². The summed E-state index contributed by atoms with van der Waals surface area (Å²) in [5, 5.41) is 5.26. The monoisotopic (exact) mass is 375 g/mol. The number of hydrogen-bond acceptors (Lipinski definition) is 4. The number of rotatable bonds is 7. The lowest BCUT2D eigenvalue weighted by atomic mass is 10.2. The zero-order chi connectivity index (χ0) is 19.2. The van der Waals surface area contributed by atoms with Gasteiger partial charge in [0.05, 0.1) is 11.4 Å². The maximum absolute atomic E-state index is 12.3. The van der Waals surface area contributed by atoms with Crippen LogP contribution in [0.4, 0.5) is 17.1 Å². The minimum Gasteiger partial charge on any atom is -0.326 e. The van der Waals surface area contributed by atoms with E-state index in [1.54, 1.807) is 54.6 Å². The van der Waals surface area contributed by atoms with Crippen molar-refractivity contribution < 1.29 is 18.0 Å². The van der Waals surface area contributed by atoms with Crippen molar-refractivity contribution in [3.05, 3.63) is 54.6 Å². The molecule has 2 amide bonds. The van der Waals surface area contributed by atoms with Gasteiger partial charge in [-0.15, -0.1) is 0 Å². The maximum atomic E-state index is 12.3. The third kappa shape index (κ3) is 5.59. The molecule has 2 aromatic carbocycles. The van der Waals surface area contributed by atoms with Crippen molar-refractivity contribution in [3.63, 3.8) is 0 Å². The van der Waals surface area contributed by atoms with Crippen molar-refractivity contribution in [1.29, 1.82) is 0 Å². The Kier molecular flexibility index (Phi) is 6.35. The fraction of sp³-hybridized carbons (Fsp3) is 0.222. The number of hydrogen-bond donors (Lipinski definition) is 2. The number of anilines is 3. The second-order valence-electron chi connectivity index (χ2n) is 5.68. The molecule has 0 aliphatic heterocycles. The summed E-state index contributed by atoms with van der Waals surface area (Å²) in [6.45, 7) is 1.41. The molecule has 2 rings (SSSR count). The first kappa shape index (κ1) is 19.5. The van der Waals surface area contributed by atoms with E-state index in [0.29, 0.717) is 17.1 Å². The Balaban J connectivity index is 1.90. The average Bonchev–Trinajstić information content (AvgIpc) is 2.61. The summed E-state index contributed by atoms with van der Waals surface area (Å²) in [5.74, 6) is -0.884. The van der Waals surface area contributed by atoms with Crippen molar-refractivity contribution in [2.24, 2.45) is 0 Å². The molecule has 0 atom stereocenters. The third-order valence-electron chi connectivity index (χ3n) is 3.61. The predicted octanol–water partition coefficient (Wildman–Crippen LogP) is 2.44. The molecule has 0 unspecified atom stereocenters. The number of amides is 2. The quantitative estimate of drug-likeness (QED) is 0.777. The summed E-state index contributed by atoms with van der Waals surface area (Å²) in [4.78, 5) is 23.0. The Morgan fingerprint density at radius 1 is 0.923 bits per heavy atom. The second-order valence-corrected chi connectivity index (χ2v) is 7.80. The van der Waals surface area contributed by atoms with E-state index in [0.717, 1.165) is 0 Å². The Morgan fingerprint density at radius 2 is 1.46 bits per heavy atom. The predicted molar refractivity (Wildman–Crippen MR) is 103 cm³/mol. The van der Waals surface area contributed by atoms with Crippen LogP contribution in [0.25, 0.3) is 0 Å². The molecule has 2 N–H and O–H groups in total. The molecule has 138 valence electrons. The zero-order valence-corrected chi connectivity index (χ0v) is 15.4. The van der Waals surface area contributed by atoms with Gasteiger partial charge in [0.2, 0.25) is 21.8 Å². The summed E-state index contributed by atoms with van der Waals surface area (Å²) in [5.41, 5.74) is 1.68. The Bertz CT molecular complexity index is 865. The summed E-state index contributed by atoms with van der Waals surface area (Å²) in [6, 6.07) is 15.2. The van der Waals surface area contributed by atoms with E-state index in [2.05, 4.69) is 10.6 Å². The normalized spacial score (nSPS) is 10.8. The van der Waals surface area contributed by atoms with E-state index in [-0.39, 0.29) is 18.1 Å². The summed E-state index contributed by atoms with van der Waals surface area (Å²) < 4.78 is 25.9. The van der Waals surface area contributed by atoms with Crippen LogP contribution < -0.4 is 14.9 Å². The number of sulfonamides is 1. The Hall–Kier alpha value is -2.87. The lowest BCUT2D eigenvalue weighted by molar-refractivity contribution is -0.116. The van der Waals surface area contributed by atoms with Crippen LogP contribution in [0.3, 0.4) is 0 Å². The highest BCUT2D eigenvalue weighted by molar-refractivity contribution is 7.92. The maximum Gasteiger partial charge on any atom is 0.235 e. The van der Waals surface area contributed by atoms with Gasteiger partial charge >= 0.3 is 0 Å². The van der Waals surface area contributed by atoms with E-state index in [9.17, 15) is 18.0 Å². The Morgan fingerprint density at radius 3 is 2.00 bits per heavy atom. The minimum absolute atomic E-state index is 0.160. The first-order chi connectivity index (χ1) is 12.3. The average molecular weight is 375 g/mol. The van der Waals surface area contributed by atoms with Gasteiger partial charge in [0.25, 0.3) is 0 Å². The van der Waals surface area contributed by atoms with Crippen LogP contribution in [-0.4, -0.2) is 33.0 Å². The zero-order valence-electron chi connectivity index (χ0n) is 14.6. The molecule has 0 spiro atoms. The SMILES string of the molecule is CC(=O)Nc1ccc(NC(=O)CCS(=O)(=O)N(C)c2ccccc2)cc1. The fourth-order valence-electron chi connectivity index (χ4n) is 2.22. The van der Waals surface area contributed by atoms with Gasteiger partial charge in [0, 0.05) is 31.8 Å². The molecule has 0 radical (unpaired) electrons. The van der Waals surface area contributed by atoms with Gasteiger partial charge in [0.1, 0.15) is 0 Å². The van der Waals surface area contributed by atoms with Crippen LogP contribution in [0, 0.1) is 0 Å². The molecule has 0 aromatic heterocycles. The molecule has 7 nitrogen and oxygen atoms in total. The minimum atomic E-state index is -3.60. The van der Waals surface area contributed by atoms with Gasteiger partial charge < -0.3 is 10.6 Å². The largest absolute Gasteiger partial charge is 0.326 e. The summed E-state index contributed by atoms with van der Waals surface area (Å²) in [7, 11) is -2.13. The molecule has 0 saturated carbocycles. The van der Waals surface area contributed by atoms with Gasteiger partial charge in [-0.3, -0.25) is 13.9 Å². The summed E-state index contributed by atoms with van der Waals surface area (Å²) >= 11 is 0. The molecule has 0 aliphatic carbocycles. The van der Waals surface area contributed by atoms with Crippen molar-refractivity contribution in [2.45, 2.75) is 13.3 Å². The number of para-hydroxylation sites is 1. The first-order valence-electron chi connectivity index (χ1n) is 7.97. The molecule has 0 fully saturated rings. The van der Waals surface area contributed by atoms with Crippen molar-refractivity contribution in [2.75, 3.05) is 27.7 Å². The van der Waals surface area contributed by atoms with E-state index >= 15 is 0 Å². The van der Waals surface area contributed by atoms with Gasteiger partial charge in [-0.25, -0.2) is 8.42 Å². The van der Waals surface area contributed by atoms with Gasteiger partial charge in [-0.05, 0) is 36.4 Å². The van der Waals surface area contributed by atoms with E-state index in [1.807, 2.05) is 0 Å². The molecular weight excluding hydrogens is 354 g/mol. The Labute approximate surface area is 153 Å². The molecule has 26 heavy (non-hydrogen) atoms. The van der Waals surface area contributed by atoms with Gasteiger partial charge in [-0.2, -0.15) is 0 Å². The van der Waals surface area contributed by atoms with Gasteiger partial charge in [-0.1, -0.05) is 18.2 Å². The highest BCUT2D eigenvalue weighted by atomic mass is 32.2. The van der Waals surface area contributed by atoms with Gasteiger partial charge in [0.15, 0.2) is 0 Å². The smallest absolute Gasteiger partial charge is 0.235 e. The number of benzene rings is 2. The number of carbonyl (C=O) groups is 2. The number of nitrogens with zero attached hydrogens (tertiary/aromatic N) is 1. The molecule has 0 aliphatic rings. The molecular formula is C18H21N3O4S. The van der Waals surface area contributed by atoms with Crippen molar-refractivity contribution in [3.8, 4) is 0 Å². The lowest BCUT2D eigenvalue weighted by Crippen LogP contribution is -2.30. The fourth-order valence-corrected chi connectivity index (χ4v) is 3.38. The standard InChI is InChI=1S/C18H21N3O4S/c1-14(22)19-15-8-10-16(11-9-15)20-18(23)12-13-26(24,25)21(2)17-6-4-3-5-7-17/h3-11H,12-13H2,1-2H3,(H,19,22)(H,20,23). The molecule has 8 heteroatoms. The lowest BCUT2D eigenvalue weighted by Gasteiger charge is -2.19. The van der Waals surface area contributed by atoms with Crippen LogP contribution in [-0.2, 0) is 19.6 Å². The third-order valence-corrected chi connectivity index (χ3v) is 5.38. The first-order valence-corrected chi connectivity index (χ1v) is 9.58. The highest BCUT2D eigenvalue weighted by Crippen LogP contribution is 2.17. The topological polar surface area (TPSA) is 95.6 Å². The van der Waals surface area contributed by atoms with Crippen LogP contribution in [0.1, 0.15) is 13.3 Å². The van der Waals surface area contributed by atoms with Crippen molar-refractivity contribution in [1.82, 2.24) is 0 Å². The number of nitrogens with one attached hydrogen (secondary N) is 2. The second kappa shape index (κ2) is 8.48. The van der Waals surface area contributed by atoms with E-state index in [4.69, 9.17) is 0 Å². The van der Waals surface area contributed by atoms with Crippen LogP contribution in [0.5, 0.6) is 0 Å². The van der Waals surface area contributed by atoms with Crippen LogP contribution in [0.15, 0.2) is 54.6 Å². The van der Waals surface area contributed by atoms with Crippen LogP contribution in [0.2, 0.25) is 0 Å². The summed E-state index contributed by atoms with van der Waals surface area (Å²) in [6.07, 6.45) is -0.160. The molecule has 0 heterocycles. The molecule has 0 bridgehead atoms. The highest BCUT2D eigenvalue weighted by Gasteiger charge is 2.19.